The van der Waals surface area contributed by atoms with Crippen molar-refractivity contribution in [1.82, 2.24) is 9.88 Å². The average molecular weight is 609 g/mol. The van der Waals surface area contributed by atoms with Gasteiger partial charge in [0.05, 0.1) is 6.54 Å². The summed E-state index contributed by atoms with van der Waals surface area (Å²) < 4.78 is 113. The fraction of sp³-hybridized carbons (Fsp3) is 0.545. The SMILES string of the molecule is CCCC[n+]1ccn([C@@H](CC(C)C)C(=O)NCc2ccccc2)c1.O=S(=O)([N-]S(=O)(=O)C(F)(F)F)C(F)(F)F. The molecule has 2 aromatic rings. The fourth-order valence-corrected chi connectivity index (χ4v) is 4.70. The molecule has 0 saturated heterocycles. The maximum atomic E-state index is 12.7. The molecule has 1 aromatic heterocycles. The first-order valence-corrected chi connectivity index (χ1v) is 14.4. The molecule has 0 unspecified atom stereocenters. The Hall–Kier alpha value is -2.66. The highest BCUT2D eigenvalue weighted by atomic mass is 32.3. The number of alkyl halides is 6. The minimum absolute atomic E-state index is 0.0887. The van der Waals surface area contributed by atoms with E-state index in [1.54, 1.807) is 0 Å². The van der Waals surface area contributed by atoms with Gasteiger partial charge in [0.25, 0.3) is 5.91 Å². The molecule has 9 nitrogen and oxygen atoms in total. The lowest BCUT2D eigenvalue weighted by Gasteiger charge is -2.22. The van der Waals surface area contributed by atoms with E-state index >= 15 is 0 Å². The molecule has 0 radical (unpaired) electrons. The first kappa shape index (κ1) is 34.4. The zero-order chi connectivity index (χ0) is 30.1. The van der Waals surface area contributed by atoms with E-state index in [0.29, 0.717) is 12.5 Å². The summed E-state index contributed by atoms with van der Waals surface area (Å²) in [5.74, 6) is 0.551. The number of benzene rings is 1. The number of imidazole rings is 1. The van der Waals surface area contributed by atoms with Crippen LogP contribution < -0.4 is 9.88 Å². The van der Waals surface area contributed by atoms with E-state index in [2.05, 4.69) is 47.7 Å². The first-order chi connectivity index (χ1) is 17.8. The molecule has 1 heterocycles. The van der Waals surface area contributed by atoms with Gasteiger partial charge >= 0.3 is 11.0 Å². The molecule has 1 N–H and O–H groups in total. The number of unbranched alkanes of at least 4 members (excludes halogenated alkanes) is 1. The molecule has 0 saturated carbocycles. The number of hydrogen-bond donors (Lipinski definition) is 1. The van der Waals surface area contributed by atoms with Crippen LogP contribution in [-0.2, 0) is 37.9 Å². The number of nitrogens with one attached hydrogen (secondary N) is 1. The molecule has 2 rings (SSSR count). The Morgan fingerprint density at radius 1 is 1.00 bits per heavy atom. The Balaban J connectivity index is 0.000000439. The lowest BCUT2D eigenvalue weighted by molar-refractivity contribution is -0.696. The summed E-state index contributed by atoms with van der Waals surface area (Å²) in [5, 5.41) is 3.09. The second kappa shape index (κ2) is 14.1. The van der Waals surface area contributed by atoms with Gasteiger partial charge in [0, 0.05) is 6.54 Å². The summed E-state index contributed by atoms with van der Waals surface area (Å²) in [5.41, 5.74) is -11.3. The molecule has 1 amide bonds. The van der Waals surface area contributed by atoms with E-state index in [9.17, 15) is 48.0 Å². The average Bonchev–Trinajstić information content (AvgIpc) is 3.27. The lowest BCUT2D eigenvalue weighted by Crippen LogP contribution is -2.35. The number of carbonyl (C=O) groups excluding carboxylic acids is 1. The van der Waals surface area contributed by atoms with E-state index in [1.807, 2.05) is 36.5 Å². The molecule has 1 aromatic carbocycles. The molecule has 0 bridgehead atoms. The van der Waals surface area contributed by atoms with Crippen LogP contribution in [0.4, 0.5) is 26.3 Å². The molecular formula is C22H30F6N4O5S2. The van der Waals surface area contributed by atoms with Crippen LogP contribution >= 0.6 is 0 Å². The van der Waals surface area contributed by atoms with Crippen molar-refractivity contribution in [1.29, 1.82) is 0 Å². The van der Waals surface area contributed by atoms with Gasteiger partial charge < -0.3 is 9.44 Å². The first-order valence-electron chi connectivity index (χ1n) is 11.6. The summed E-state index contributed by atoms with van der Waals surface area (Å²) in [7, 11) is -13.4. The van der Waals surface area contributed by atoms with E-state index in [4.69, 9.17) is 0 Å². The van der Waals surface area contributed by atoms with E-state index in [1.165, 1.54) is 6.42 Å². The number of amides is 1. The van der Waals surface area contributed by atoms with Crippen molar-refractivity contribution in [2.75, 3.05) is 0 Å². The van der Waals surface area contributed by atoms with Gasteiger partial charge in [-0.1, -0.05) is 57.5 Å². The molecular weight excluding hydrogens is 578 g/mol. The smallest absolute Gasteiger partial charge is 0.421 e. The van der Waals surface area contributed by atoms with Crippen LogP contribution in [0.5, 0.6) is 0 Å². The van der Waals surface area contributed by atoms with Gasteiger partial charge in [0.15, 0.2) is 26.1 Å². The Morgan fingerprint density at radius 2 is 1.54 bits per heavy atom. The van der Waals surface area contributed by atoms with Crippen molar-refractivity contribution in [2.45, 2.75) is 70.2 Å². The maximum Gasteiger partial charge on any atom is 0.480 e. The van der Waals surface area contributed by atoms with Gasteiger partial charge in [-0.05, 0) is 24.3 Å². The standard InChI is InChI=1S/C20H29N3O.C2F6NO4S2/c1-4-5-11-22-12-13-23(16-22)19(14-17(2)3)20(24)21-15-18-9-7-6-8-10-18;3-1(4,5)14(10,11)9-15(12,13)2(6,7)8/h6-10,12-13,16-17,19H,4-5,11,14-15H2,1-3H3;/q;-1/p+1/t19-;/m0./s1. The minimum Gasteiger partial charge on any atom is -0.421 e. The van der Waals surface area contributed by atoms with Gasteiger partial charge in [0.1, 0.15) is 12.4 Å². The molecule has 222 valence electrons. The third-order valence-electron chi connectivity index (χ3n) is 4.93. The van der Waals surface area contributed by atoms with Crippen molar-refractivity contribution >= 4 is 26.0 Å². The second-order valence-electron chi connectivity index (χ2n) is 8.72. The molecule has 0 aliphatic rings. The van der Waals surface area contributed by atoms with E-state index < -0.39 is 31.1 Å². The maximum absolute atomic E-state index is 12.7. The highest BCUT2D eigenvalue weighted by molar-refractivity contribution is 8.13. The number of nitrogens with zero attached hydrogens (tertiary/aromatic N) is 3. The highest BCUT2D eigenvalue weighted by Gasteiger charge is 2.46. The van der Waals surface area contributed by atoms with Crippen LogP contribution in [0, 0.1) is 5.92 Å². The lowest BCUT2D eigenvalue weighted by atomic mass is 10.0. The third-order valence-corrected chi connectivity index (χ3v) is 7.67. The summed E-state index contributed by atoms with van der Waals surface area (Å²) >= 11 is 0. The minimum atomic E-state index is -6.72. The van der Waals surface area contributed by atoms with Crippen LogP contribution in [0.3, 0.4) is 0 Å². The Kier molecular flexibility index (Phi) is 12.4. The number of aromatic nitrogens is 2. The number of aryl methyl sites for hydroxylation is 1. The normalized spacial score (nSPS) is 13.5. The van der Waals surface area contributed by atoms with E-state index in [-0.39, 0.29) is 11.9 Å². The summed E-state index contributed by atoms with van der Waals surface area (Å²) in [4.78, 5) is 12.7. The van der Waals surface area contributed by atoms with Crippen LogP contribution in [0.15, 0.2) is 49.1 Å². The second-order valence-corrected chi connectivity index (χ2v) is 12.1. The topological polar surface area (TPSA) is 120 Å². The van der Waals surface area contributed by atoms with Crippen LogP contribution in [-0.4, -0.2) is 38.3 Å². The number of halogens is 6. The molecule has 17 heteroatoms. The molecule has 1 atom stereocenters. The van der Waals surface area contributed by atoms with Gasteiger partial charge in [-0.2, -0.15) is 26.3 Å². The van der Waals surface area contributed by atoms with Crippen LogP contribution in [0.2, 0.25) is 0 Å². The monoisotopic (exact) mass is 608 g/mol. The van der Waals surface area contributed by atoms with E-state index in [0.717, 1.165) is 29.1 Å². The Morgan fingerprint density at radius 3 is 2.00 bits per heavy atom. The quantitative estimate of drug-likeness (QED) is 0.297. The van der Waals surface area contributed by atoms with Crippen molar-refractivity contribution in [3.05, 3.63) is 58.7 Å². The number of hydrogen-bond acceptors (Lipinski definition) is 5. The van der Waals surface area contributed by atoms with Gasteiger partial charge in [0.2, 0.25) is 6.33 Å². The summed E-state index contributed by atoms with van der Waals surface area (Å²) in [6, 6.07) is 9.89. The zero-order valence-corrected chi connectivity index (χ0v) is 22.9. The largest absolute Gasteiger partial charge is 0.480 e. The molecule has 39 heavy (non-hydrogen) atoms. The molecule has 0 aliphatic carbocycles. The highest BCUT2D eigenvalue weighted by Crippen LogP contribution is 2.36. The number of sulfonamides is 2. The van der Waals surface area contributed by atoms with Crippen LogP contribution in [0.1, 0.15) is 51.6 Å². The van der Waals surface area contributed by atoms with Crippen molar-refractivity contribution in [2.24, 2.45) is 5.92 Å². The van der Waals surface area contributed by atoms with Crippen molar-refractivity contribution in [3.8, 4) is 0 Å². The van der Waals surface area contributed by atoms with Gasteiger partial charge in [-0.3, -0.25) is 4.79 Å². The van der Waals surface area contributed by atoms with Crippen molar-refractivity contribution < 1.29 is 52.5 Å². The predicted molar refractivity (Wildman–Crippen MR) is 130 cm³/mol. The number of carbonyl (C=O) groups is 1. The van der Waals surface area contributed by atoms with Crippen molar-refractivity contribution in [3.63, 3.8) is 0 Å². The molecule has 0 fully saturated rings. The zero-order valence-electron chi connectivity index (χ0n) is 21.3. The third kappa shape index (κ3) is 11.2. The Bertz CT molecular complexity index is 1220. The van der Waals surface area contributed by atoms with Gasteiger partial charge in [-0.15, -0.1) is 0 Å². The molecule has 0 aliphatic heterocycles. The molecule has 0 spiro atoms. The summed E-state index contributed by atoms with van der Waals surface area (Å²) in [6.07, 6.45) is 9.31. The predicted octanol–water partition coefficient (Wildman–Crippen LogP) is 4.54. The fourth-order valence-electron chi connectivity index (χ4n) is 3.00. The van der Waals surface area contributed by atoms with Crippen LogP contribution in [0.25, 0.3) is 4.13 Å². The van der Waals surface area contributed by atoms with Gasteiger partial charge in [-0.25, -0.2) is 26.0 Å². The number of rotatable bonds is 11. The Labute approximate surface area is 223 Å². The summed E-state index contributed by atoms with van der Waals surface area (Å²) in [6.45, 7) is 8.09.